The Balaban J connectivity index is 1.58. The van der Waals surface area contributed by atoms with Gasteiger partial charge in [-0.05, 0) is 69.4 Å². The predicted molar refractivity (Wildman–Crippen MR) is 114 cm³/mol. The van der Waals surface area contributed by atoms with Gasteiger partial charge in [-0.25, -0.2) is 4.39 Å². The van der Waals surface area contributed by atoms with Crippen LogP contribution in [0.5, 0.6) is 0 Å². The number of benzene rings is 1. The van der Waals surface area contributed by atoms with E-state index in [0.717, 1.165) is 38.5 Å². The first-order valence-corrected chi connectivity index (χ1v) is 10.6. The van der Waals surface area contributed by atoms with Crippen molar-refractivity contribution in [2.24, 2.45) is 0 Å². The van der Waals surface area contributed by atoms with Crippen molar-refractivity contribution < 1.29 is 14.0 Å². The molecule has 2 aliphatic rings. The van der Waals surface area contributed by atoms with Gasteiger partial charge in [0.1, 0.15) is 5.82 Å². The van der Waals surface area contributed by atoms with E-state index >= 15 is 0 Å². The highest BCUT2D eigenvalue weighted by atomic mass is 19.1. The number of carbonyl (C=O) groups excluding carboxylic acids is 2. The molecule has 0 atom stereocenters. The van der Waals surface area contributed by atoms with Crippen molar-refractivity contribution >= 4 is 11.8 Å². The number of carbonyl (C=O) groups is 2. The summed E-state index contributed by atoms with van der Waals surface area (Å²) in [4.78, 5) is 31.6. The Labute approximate surface area is 176 Å². The first-order valence-electron chi connectivity index (χ1n) is 10.6. The van der Waals surface area contributed by atoms with Crippen molar-refractivity contribution in [2.75, 3.05) is 7.05 Å². The molecular formula is C24H28FN3O2. The van der Waals surface area contributed by atoms with Crippen LogP contribution in [-0.4, -0.2) is 40.3 Å². The number of amides is 2. The molecule has 0 bridgehead atoms. The maximum absolute atomic E-state index is 14.5. The number of nitrogens with one attached hydrogen (secondary N) is 1. The highest BCUT2D eigenvalue weighted by molar-refractivity contribution is 5.96. The lowest BCUT2D eigenvalue weighted by molar-refractivity contribution is 0.0605. The molecule has 0 radical (unpaired) electrons. The molecule has 0 spiro atoms. The van der Waals surface area contributed by atoms with Crippen molar-refractivity contribution in [3.8, 4) is 11.3 Å². The minimum absolute atomic E-state index is 0.0566. The fourth-order valence-corrected chi connectivity index (χ4v) is 4.16. The number of pyridine rings is 1. The summed E-state index contributed by atoms with van der Waals surface area (Å²) in [5.41, 5.74) is 2.22. The second-order valence-corrected chi connectivity index (χ2v) is 8.88. The highest BCUT2D eigenvalue weighted by Crippen LogP contribution is 2.35. The van der Waals surface area contributed by atoms with E-state index in [2.05, 4.69) is 17.2 Å². The van der Waals surface area contributed by atoms with Gasteiger partial charge in [0.05, 0.1) is 11.3 Å². The van der Waals surface area contributed by atoms with E-state index in [0.29, 0.717) is 22.4 Å². The molecule has 0 saturated heterocycles. The molecule has 1 N–H and O–H groups in total. The number of hydrogen-bond donors (Lipinski definition) is 1. The molecule has 2 aromatic rings. The zero-order valence-corrected chi connectivity index (χ0v) is 17.8. The number of halogens is 1. The van der Waals surface area contributed by atoms with Crippen LogP contribution in [0.2, 0.25) is 0 Å². The Morgan fingerprint density at radius 3 is 2.47 bits per heavy atom. The zero-order chi connectivity index (χ0) is 21.5. The lowest BCUT2D eigenvalue weighted by Crippen LogP contribution is -2.45. The maximum Gasteiger partial charge on any atom is 0.255 e. The monoisotopic (exact) mass is 409 g/mol. The average Bonchev–Trinajstić information content (AvgIpc) is 3.45. The largest absolute Gasteiger partial charge is 0.349 e. The minimum Gasteiger partial charge on any atom is -0.349 e. The van der Waals surface area contributed by atoms with E-state index < -0.39 is 5.82 Å². The summed E-state index contributed by atoms with van der Waals surface area (Å²) < 4.78 is 14.5. The van der Waals surface area contributed by atoms with Gasteiger partial charge in [0, 0.05) is 36.0 Å². The molecule has 2 aliphatic carbocycles. The van der Waals surface area contributed by atoms with Crippen molar-refractivity contribution in [3.05, 3.63) is 53.0 Å². The molecule has 6 heteroatoms. The molecule has 2 saturated carbocycles. The average molecular weight is 410 g/mol. The summed E-state index contributed by atoms with van der Waals surface area (Å²) in [5.74, 6) is -0.765. The number of nitrogens with zero attached hydrogens (tertiary/aromatic N) is 2. The Kier molecular flexibility index (Phi) is 5.35. The molecular weight excluding hydrogens is 381 g/mol. The molecule has 1 heterocycles. The van der Waals surface area contributed by atoms with Gasteiger partial charge in [-0.3, -0.25) is 14.6 Å². The second-order valence-electron chi connectivity index (χ2n) is 8.88. The predicted octanol–water partition coefficient (Wildman–Crippen LogP) is 4.49. The molecule has 4 rings (SSSR count). The van der Waals surface area contributed by atoms with Crippen molar-refractivity contribution in [2.45, 2.75) is 64.0 Å². The molecule has 2 amide bonds. The van der Waals surface area contributed by atoms with Crippen LogP contribution in [0.25, 0.3) is 11.3 Å². The van der Waals surface area contributed by atoms with Crippen LogP contribution < -0.4 is 5.32 Å². The van der Waals surface area contributed by atoms with Gasteiger partial charge in [0.15, 0.2) is 0 Å². The molecule has 0 unspecified atom stereocenters. The maximum atomic E-state index is 14.5. The molecule has 30 heavy (non-hydrogen) atoms. The normalized spacial score (nSPS) is 17.6. The van der Waals surface area contributed by atoms with Gasteiger partial charge in [-0.15, -0.1) is 0 Å². The molecule has 2 fully saturated rings. The molecule has 158 valence electrons. The van der Waals surface area contributed by atoms with E-state index in [1.165, 1.54) is 6.07 Å². The van der Waals surface area contributed by atoms with E-state index in [4.69, 9.17) is 0 Å². The first-order chi connectivity index (χ1) is 14.3. The second kappa shape index (κ2) is 7.82. The van der Waals surface area contributed by atoms with E-state index in [1.807, 2.05) is 11.9 Å². The van der Waals surface area contributed by atoms with Crippen LogP contribution in [0.15, 0.2) is 30.5 Å². The van der Waals surface area contributed by atoms with E-state index in [-0.39, 0.29) is 29.0 Å². The Bertz CT molecular complexity index is 977. The Morgan fingerprint density at radius 1 is 1.17 bits per heavy atom. The van der Waals surface area contributed by atoms with Gasteiger partial charge in [0.25, 0.3) is 11.8 Å². The fourth-order valence-electron chi connectivity index (χ4n) is 4.16. The van der Waals surface area contributed by atoms with Crippen LogP contribution in [0, 0.1) is 12.7 Å². The van der Waals surface area contributed by atoms with Crippen LogP contribution in [-0.2, 0) is 0 Å². The summed E-state index contributed by atoms with van der Waals surface area (Å²) in [7, 11) is 1.85. The van der Waals surface area contributed by atoms with Crippen molar-refractivity contribution in [1.29, 1.82) is 0 Å². The third-order valence-corrected chi connectivity index (χ3v) is 6.60. The van der Waals surface area contributed by atoms with Crippen LogP contribution in [0.3, 0.4) is 0 Å². The number of aromatic nitrogens is 1. The third-order valence-electron chi connectivity index (χ3n) is 6.60. The van der Waals surface area contributed by atoms with Gasteiger partial charge in [-0.2, -0.15) is 0 Å². The van der Waals surface area contributed by atoms with Gasteiger partial charge in [-0.1, -0.05) is 12.8 Å². The highest BCUT2D eigenvalue weighted by Gasteiger charge is 2.35. The summed E-state index contributed by atoms with van der Waals surface area (Å²) in [6, 6.07) is 6.60. The van der Waals surface area contributed by atoms with Crippen molar-refractivity contribution in [1.82, 2.24) is 15.2 Å². The summed E-state index contributed by atoms with van der Waals surface area (Å²) in [6.07, 6.45) is 7.78. The lowest BCUT2D eigenvalue weighted by atomic mass is 9.97. The lowest BCUT2D eigenvalue weighted by Gasteiger charge is -2.35. The third kappa shape index (κ3) is 3.95. The first kappa shape index (κ1) is 20.5. The van der Waals surface area contributed by atoms with Gasteiger partial charge < -0.3 is 10.2 Å². The Hall–Kier alpha value is -2.76. The van der Waals surface area contributed by atoms with E-state index in [9.17, 15) is 14.0 Å². The minimum atomic E-state index is -0.440. The van der Waals surface area contributed by atoms with Crippen LogP contribution >= 0.6 is 0 Å². The molecule has 1 aromatic heterocycles. The fraction of sp³-hybridized carbons (Fsp3) is 0.458. The molecule has 5 nitrogen and oxygen atoms in total. The summed E-state index contributed by atoms with van der Waals surface area (Å²) in [5, 5.41) is 2.89. The molecule has 1 aromatic carbocycles. The number of hydrogen-bond acceptors (Lipinski definition) is 3. The van der Waals surface area contributed by atoms with Crippen molar-refractivity contribution in [3.63, 3.8) is 0 Å². The van der Waals surface area contributed by atoms with Gasteiger partial charge >= 0.3 is 0 Å². The van der Waals surface area contributed by atoms with Crippen LogP contribution in [0.1, 0.15) is 71.7 Å². The van der Waals surface area contributed by atoms with Gasteiger partial charge in [0.2, 0.25) is 0 Å². The Morgan fingerprint density at radius 2 is 1.87 bits per heavy atom. The molecule has 0 aliphatic heterocycles. The quantitative estimate of drug-likeness (QED) is 0.791. The topological polar surface area (TPSA) is 62.3 Å². The zero-order valence-electron chi connectivity index (χ0n) is 17.8. The SMILES string of the molecule is Cc1c(F)cc(C(=O)NC2CC2)cc1-c1ccc(C(=O)N(C)C2(C)CCCC2)cn1. The summed E-state index contributed by atoms with van der Waals surface area (Å²) in [6.45, 7) is 3.80. The number of rotatable bonds is 5. The standard InChI is InChI=1S/C24H28FN3O2/c1-15-19(12-17(13-20(15)25)22(29)27-18-7-8-18)21-9-6-16(14-26-21)23(30)28(3)24(2)10-4-5-11-24/h6,9,12-14,18H,4-5,7-8,10-11H2,1-3H3,(H,27,29). The smallest absolute Gasteiger partial charge is 0.255 e. The summed E-state index contributed by atoms with van der Waals surface area (Å²) >= 11 is 0. The van der Waals surface area contributed by atoms with E-state index in [1.54, 1.807) is 31.3 Å². The van der Waals surface area contributed by atoms with Crippen LogP contribution in [0.4, 0.5) is 4.39 Å².